The normalized spacial score (nSPS) is 24.6. The number of imidazole rings is 1. The highest BCUT2D eigenvalue weighted by Crippen LogP contribution is 2.33. The summed E-state index contributed by atoms with van der Waals surface area (Å²) in [7, 11) is -4.28. The van der Waals surface area contributed by atoms with Crippen LogP contribution < -0.4 is 5.14 Å². The lowest BCUT2D eigenvalue weighted by atomic mass is 10.1. The Kier molecular flexibility index (Phi) is 5.21. The second-order valence-corrected chi connectivity index (χ2v) is 7.75. The summed E-state index contributed by atoms with van der Waals surface area (Å²) in [5.41, 5.74) is 0.572. The van der Waals surface area contributed by atoms with Gasteiger partial charge in [0.05, 0.1) is 12.9 Å². The number of ether oxygens (including phenoxy) is 1. The van der Waals surface area contributed by atoms with Gasteiger partial charge < -0.3 is 14.9 Å². The van der Waals surface area contributed by atoms with Crippen molar-refractivity contribution < 1.29 is 36.3 Å². The van der Waals surface area contributed by atoms with Gasteiger partial charge in [-0.1, -0.05) is 0 Å². The van der Waals surface area contributed by atoms with Crippen molar-refractivity contribution in [2.24, 2.45) is 5.14 Å². The highest BCUT2D eigenvalue weighted by molar-refractivity contribution is 7.84. The Labute approximate surface area is 168 Å². The van der Waals surface area contributed by atoms with Gasteiger partial charge in [-0.15, -0.1) is 0 Å². The molecule has 4 N–H and O–H groups in total. The Morgan fingerprint density at radius 2 is 1.83 bits per heavy atom. The van der Waals surface area contributed by atoms with Gasteiger partial charge in [0.1, 0.15) is 47.5 Å². The molecule has 0 saturated carbocycles. The molecule has 1 fully saturated rings. The van der Waals surface area contributed by atoms with Crippen LogP contribution in [0.15, 0.2) is 30.9 Å². The van der Waals surface area contributed by atoms with Crippen LogP contribution in [0.2, 0.25) is 0 Å². The van der Waals surface area contributed by atoms with Gasteiger partial charge >= 0.3 is 10.3 Å². The van der Waals surface area contributed by atoms with E-state index in [2.05, 4.69) is 19.1 Å². The molecule has 11 nitrogen and oxygen atoms in total. The summed E-state index contributed by atoms with van der Waals surface area (Å²) in [5, 5.41) is 25.2. The second-order valence-electron chi connectivity index (χ2n) is 6.53. The molecule has 1 saturated heterocycles. The lowest BCUT2D eigenvalue weighted by Gasteiger charge is -2.16. The third-order valence-electron chi connectivity index (χ3n) is 4.50. The molecule has 0 spiro atoms. The van der Waals surface area contributed by atoms with Crippen molar-refractivity contribution in [1.29, 1.82) is 0 Å². The van der Waals surface area contributed by atoms with E-state index in [1.54, 1.807) is 0 Å². The lowest BCUT2D eigenvalue weighted by Crippen LogP contribution is -2.35. The first-order valence-corrected chi connectivity index (χ1v) is 9.94. The minimum atomic E-state index is -4.28. The highest BCUT2D eigenvalue weighted by atomic mass is 32.2. The van der Waals surface area contributed by atoms with E-state index in [-0.39, 0.29) is 22.4 Å². The van der Waals surface area contributed by atoms with Gasteiger partial charge in [0.2, 0.25) is 0 Å². The number of fused-ring (bicyclic) bond motifs is 1. The maximum atomic E-state index is 13.6. The van der Waals surface area contributed by atoms with Crippen molar-refractivity contribution in [3.63, 3.8) is 0 Å². The van der Waals surface area contributed by atoms with Crippen LogP contribution in [0.25, 0.3) is 22.4 Å². The number of aliphatic hydroxyl groups excluding tert-OH is 2. The number of hydrogen-bond acceptors (Lipinski definition) is 9. The average molecular weight is 443 g/mol. The summed E-state index contributed by atoms with van der Waals surface area (Å²) in [4.78, 5) is 12.2. The largest absolute Gasteiger partial charge is 0.387 e. The smallest absolute Gasteiger partial charge is 0.333 e. The van der Waals surface area contributed by atoms with Crippen LogP contribution in [-0.4, -0.2) is 63.1 Å². The molecular weight excluding hydrogens is 428 g/mol. The molecule has 3 aromatic rings. The van der Waals surface area contributed by atoms with E-state index in [0.29, 0.717) is 6.07 Å². The summed E-state index contributed by atoms with van der Waals surface area (Å²) in [6.07, 6.45) is -3.01. The molecule has 0 amide bonds. The van der Waals surface area contributed by atoms with Gasteiger partial charge in [-0.2, -0.15) is 8.42 Å². The SMILES string of the molecule is NS(=O)(=O)OC[C@H]1O[C@@H](n2cnc3c(-c4cc(F)cc(F)c4)ncnc32)[C@H](O)[C@@H]1O. The second kappa shape index (κ2) is 7.57. The van der Waals surface area contributed by atoms with Crippen molar-refractivity contribution in [2.45, 2.75) is 24.5 Å². The molecule has 1 aliphatic heterocycles. The Bertz CT molecular complexity index is 1190. The van der Waals surface area contributed by atoms with Crippen LogP contribution in [0.4, 0.5) is 8.78 Å². The first-order chi connectivity index (χ1) is 14.1. The molecule has 1 aromatic carbocycles. The van der Waals surface area contributed by atoms with Crippen LogP contribution in [0, 0.1) is 11.6 Å². The molecule has 0 radical (unpaired) electrons. The molecule has 14 heteroatoms. The first-order valence-electron chi connectivity index (χ1n) is 8.47. The van der Waals surface area contributed by atoms with Crippen LogP contribution >= 0.6 is 0 Å². The lowest BCUT2D eigenvalue weighted by molar-refractivity contribution is -0.0467. The van der Waals surface area contributed by atoms with E-state index < -0.39 is 53.1 Å². The molecule has 4 rings (SSSR count). The molecule has 0 unspecified atom stereocenters. The van der Waals surface area contributed by atoms with Gasteiger partial charge in [0, 0.05) is 11.6 Å². The molecule has 30 heavy (non-hydrogen) atoms. The zero-order valence-electron chi connectivity index (χ0n) is 15.0. The van der Waals surface area contributed by atoms with Crippen molar-refractivity contribution in [2.75, 3.05) is 6.61 Å². The number of nitrogens with two attached hydrogens (primary N) is 1. The average Bonchev–Trinajstić information content (AvgIpc) is 3.20. The third-order valence-corrected chi connectivity index (χ3v) is 4.97. The molecule has 4 atom stereocenters. The monoisotopic (exact) mass is 443 g/mol. The van der Waals surface area contributed by atoms with E-state index in [0.717, 1.165) is 18.5 Å². The molecule has 160 valence electrons. The fraction of sp³-hybridized carbons (Fsp3) is 0.312. The zero-order valence-corrected chi connectivity index (χ0v) is 15.8. The molecule has 0 bridgehead atoms. The quantitative estimate of drug-likeness (QED) is 0.477. The van der Waals surface area contributed by atoms with E-state index in [1.807, 2.05) is 0 Å². The summed E-state index contributed by atoms with van der Waals surface area (Å²) in [6, 6.07) is 2.87. The summed E-state index contributed by atoms with van der Waals surface area (Å²) >= 11 is 0. The number of aromatic nitrogens is 4. The minimum Gasteiger partial charge on any atom is -0.387 e. The van der Waals surface area contributed by atoms with Crippen molar-refractivity contribution in [3.8, 4) is 11.3 Å². The van der Waals surface area contributed by atoms with Gasteiger partial charge in [-0.05, 0) is 12.1 Å². The first kappa shape index (κ1) is 20.6. The Morgan fingerprint density at radius 1 is 1.13 bits per heavy atom. The Hall–Kier alpha value is -2.62. The van der Waals surface area contributed by atoms with Gasteiger partial charge in [-0.25, -0.2) is 28.9 Å². The standard InChI is InChI=1S/C16H15F2N5O6S/c17-8-1-7(2-9(18)3-8)11-12-15(21-5-20-11)23(6-22-12)16-14(25)13(24)10(29-16)4-28-30(19,26)27/h1-3,5-6,10,13-14,16,24-25H,4H2,(H2,19,26,27)/t10-,13-,14-,16-/m1/s1. The van der Waals surface area contributed by atoms with Crippen LogP contribution in [0.3, 0.4) is 0 Å². The van der Waals surface area contributed by atoms with E-state index in [9.17, 15) is 27.4 Å². The zero-order chi connectivity index (χ0) is 21.6. The maximum absolute atomic E-state index is 13.6. The number of rotatable bonds is 5. The van der Waals surface area contributed by atoms with Crippen LogP contribution in [0.1, 0.15) is 6.23 Å². The predicted octanol–water partition coefficient (Wildman–Crippen LogP) is -0.389. The van der Waals surface area contributed by atoms with Gasteiger partial charge in [0.15, 0.2) is 11.9 Å². The summed E-state index contributed by atoms with van der Waals surface area (Å²) in [5.74, 6) is -1.60. The van der Waals surface area contributed by atoms with E-state index in [4.69, 9.17) is 9.88 Å². The number of benzene rings is 1. The summed E-state index contributed by atoms with van der Waals surface area (Å²) < 4.78 is 60.3. The van der Waals surface area contributed by atoms with Crippen molar-refractivity contribution in [1.82, 2.24) is 19.5 Å². The predicted molar refractivity (Wildman–Crippen MR) is 95.7 cm³/mol. The van der Waals surface area contributed by atoms with Crippen molar-refractivity contribution in [3.05, 3.63) is 42.5 Å². The Morgan fingerprint density at radius 3 is 2.50 bits per heavy atom. The van der Waals surface area contributed by atoms with E-state index >= 15 is 0 Å². The number of halogens is 2. The Balaban J connectivity index is 1.69. The summed E-state index contributed by atoms with van der Waals surface area (Å²) in [6.45, 7) is -0.622. The van der Waals surface area contributed by atoms with Gasteiger partial charge in [0.25, 0.3) is 0 Å². The van der Waals surface area contributed by atoms with E-state index in [1.165, 1.54) is 10.9 Å². The number of nitrogens with zero attached hydrogens (tertiary/aromatic N) is 4. The fourth-order valence-corrected chi connectivity index (χ4v) is 3.52. The number of hydrogen-bond donors (Lipinski definition) is 3. The van der Waals surface area contributed by atoms with Crippen LogP contribution in [-0.2, 0) is 19.2 Å². The molecular formula is C16H15F2N5O6S. The highest BCUT2D eigenvalue weighted by Gasteiger charge is 2.45. The number of aliphatic hydroxyl groups is 2. The van der Waals surface area contributed by atoms with Gasteiger partial charge in [-0.3, -0.25) is 8.75 Å². The molecule has 0 aliphatic carbocycles. The molecule has 3 heterocycles. The van der Waals surface area contributed by atoms with Crippen LogP contribution in [0.5, 0.6) is 0 Å². The molecule has 2 aromatic heterocycles. The third kappa shape index (κ3) is 3.88. The maximum Gasteiger partial charge on any atom is 0.333 e. The molecule has 1 aliphatic rings. The van der Waals surface area contributed by atoms with Crippen molar-refractivity contribution >= 4 is 21.5 Å². The topological polar surface area (TPSA) is 163 Å². The fourth-order valence-electron chi connectivity index (χ4n) is 3.20. The minimum absolute atomic E-state index is 0.123.